The fourth-order valence-corrected chi connectivity index (χ4v) is 0.645. The number of rotatable bonds is 0. The predicted molar refractivity (Wildman–Crippen MR) is 33.9 cm³/mol. The van der Waals surface area contributed by atoms with Gasteiger partial charge in [0.15, 0.2) is 5.54 Å². The van der Waals surface area contributed by atoms with Gasteiger partial charge in [-0.25, -0.2) is 4.79 Å². The summed E-state index contributed by atoms with van der Waals surface area (Å²) in [5.74, 6) is 1.70. The molecule has 0 aliphatic carbocycles. The lowest BCUT2D eigenvalue weighted by atomic mass is 10.1. The lowest BCUT2D eigenvalue weighted by Crippen LogP contribution is -2.41. The normalized spacial score (nSPS) is 30.8. The Hall–Kier alpha value is -1.50. The van der Waals surface area contributed by atoms with Crippen LogP contribution >= 0.6 is 0 Å². The molecule has 52 valence electrons. The minimum Gasteiger partial charge on any atom is -0.313 e. The second kappa shape index (κ2) is 1.74. The quantitative estimate of drug-likeness (QED) is 0.340. The van der Waals surface area contributed by atoms with Crippen LogP contribution < -0.4 is 10.6 Å². The van der Waals surface area contributed by atoms with E-state index in [1.807, 2.05) is 5.32 Å². The number of nitrogens with one attached hydrogen (secondary N) is 2. The zero-order chi connectivity index (χ0) is 7.78. The number of carbonyl (C=O) groups is 2. The second-order valence-electron chi connectivity index (χ2n) is 2.18. The maximum atomic E-state index is 10.8. The summed E-state index contributed by atoms with van der Waals surface area (Å²) >= 11 is 0. The van der Waals surface area contributed by atoms with Crippen molar-refractivity contribution >= 4 is 11.9 Å². The van der Waals surface area contributed by atoms with E-state index in [0.29, 0.717) is 0 Å². The molecule has 0 aromatic carbocycles. The predicted octanol–water partition coefficient (Wildman–Crippen LogP) is -0.782. The molecule has 1 fully saturated rings. The van der Waals surface area contributed by atoms with Gasteiger partial charge in [0.25, 0.3) is 5.91 Å². The number of terminal acetylenes is 1. The van der Waals surface area contributed by atoms with Crippen LogP contribution in [-0.2, 0) is 4.79 Å². The zero-order valence-electron chi connectivity index (χ0n) is 5.39. The molecule has 1 aliphatic rings. The Morgan fingerprint density at radius 1 is 1.60 bits per heavy atom. The highest BCUT2D eigenvalue weighted by molar-refractivity contribution is 6.08. The Morgan fingerprint density at radius 2 is 2.20 bits per heavy atom. The van der Waals surface area contributed by atoms with Crippen molar-refractivity contribution in [3.8, 4) is 12.3 Å². The van der Waals surface area contributed by atoms with Gasteiger partial charge in [0, 0.05) is 0 Å². The van der Waals surface area contributed by atoms with E-state index in [1.165, 1.54) is 6.92 Å². The van der Waals surface area contributed by atoms with Crippen molar-refractivity contribution in [2.45, 2.75) is 12.5 Å². The van der Waals surface area contributed by atoms with Gasteiger partial charge in [0.05, 0.1) is 0 Å². The minimum absolute atomic E-state index is 0.472. The van der Waals surface area contributed by atoms with Crippen LogP contribution in [0, 0.1) is 12.3 Å². The van der Waals surface area contributed by atoms with Gasteiger partial charge >= 0.3 is 6.03 Å². The second-order valence-corrected chi connectivity index (χ2v) is 2.18. The highest BCUT2D eigenvalue weighted by atomic mass is 16.2. The summed E-state index contributed by atoms with van der Waals surface area (Å²) < 4.78 is 0. The smallest absolute Gasteiger partial charge is 0.313 e. The van der Waals surface area contributed by atoms with Crippen LogP contribution in [-0.4, -0.2) is 17.5 Å². The first-order valence-corrected chi connectivity index (χ1v) is 2.70. The van der Waals surface area contributed by atoms with Crippen LogP contribution in [0.1, 0.15) is 6.92 Å². The summed E-state index contributed by atoms with van der Waals surface area (Å²) in [6, 6.07) is -0.537. The van der Waals surface area contributed by atoms with Gasteiger partial charge in [-0.3, -0.25) is 10.1 Å². The molecule has 1 rings (SSSR count). The van der Waals surface area contributed by atoms with E-state index >= 15 is 0 Å². The van der Waals surface area contributed by atoms with Gasteiger partial charge in [-0.1, -0.05) is 5.92 Å². The molecule has 1 atom stereocenters. The Balaban J connectivity index is 2.94. The van der Waals surface area contributed by atoms with E-state index < -0.39 is 17.5 Å². The number of urea groups is 1. The van der Waals surface area contributed by atoms with E-state index in [0.717, 1.165) is 0 Å². The van der Waals surface area contributed by atoms with E-state index in [2.05, 4.69) is 11.2 Å². The maximum absolute atomic E-state index is 10.8. The van der Waals surface area contributed by atoms with E-state index in [1.54, 1.807) is 0 Å². The van der Waals surface area contributed by atoms with Crippen LogP contribution in [0.2, 0.25) is 0 Å². The largest absolute Gasteiger partial charge is 0.323 e. The standard InChI is InChI=1S/C6H6N2O2/c1-3-6(2)4(9)7-5(10)8-6/h1H,2H3,(H2,7,8,9,10)/t6-/m0/s1. The Bertz CT molecular complexity index is 241. The molecule has 1 aliphatic heterocycles. The van der Waals surface area contributed by atoms with Crippen molar-refractivity contribution in [2.75, 3.05) is 0 Å². The van der Waals surface area contributed by atoms with Crippen LogP contribution in [0.15, 0.2) is 0 Å². The van der Waals surface area contributed by atoms with Crippen LogP contribution in [0.5, 0.6) is 0 Å². The van der Waals surface area contributed by atoms with Gasteiger partial charge in [-0.15, -0.1) is 6.42 Å². The molecule has 0 spiro atoms. The average Bonchev–Trinajstić information content (AvgIpc) is 2.09. The summed E-state index contributed by atoms with van der Waals surface area (Å²) in [5.41, 5.74) is -1.16. The Kier molecular flexibility index (Phi) is 1.15. The molecule has 0 unspecified atom stereocenters. The molecule has 0 aromatic heterocycles. The lowest BCUT2D eigenvalue weighted by Gasteiger charge is -2.10. The monoisotopic (exact) mass is 138 g/mol. The van der Waals surface area contributed by atoms with Gasteiger partial charge < -0.3 is 5.32 Å². The lowest BCUT2D eigenvalue weighted by molar-refractivity contribution is -0.121. The highest BCUT2D eigenvalue weighted by Crippen LogP contribution is 2.06. The first-order chi connectivity index (χ1) is 4.58. The van der Waals surface area contributed by atoms with E-state index in [4.69, 9.17) is 6.42 Å². The molecule has 0 aromatic rings. The number of hydrogen-bond donors (Lipinski definition) is 2. The molecule has 0 radical (unpaired) electrons. The van der Waals surface area contributed by atoms with Gasteiger partial charge in [0.1, 0.15) is 0 Å². The van der Waals surface area contributed by atoms with Crippen LogP contribution in [0.3, 0.4) is 0 Å². The molecule has 1 heterocycles. The van der Waals surface area contributed by atoms with E-state index in [9.17, 15) is 9.59 Å². The maximum Gasteiger partial charge on any atom is 0.323 e. The Morgan fingerprint density at radius 3 is 2.40 bits per heavy atom. The van der Waals surface area contributed by atoms with Crippen molar-refractivity contribution < 1.29 is 9.59 Å². The van der Waals surface area contributed by atoms with Gasteiger partial charge in [-0.05, 0) is 6.92 Å². The third-order valence-corrected chi connectivity index (χ3v) is 1.33. The van der Waals surface area contributed by atoms with Crippen molar-refractivity contribution in [3.63, 3.8) is 0 Å². The van der Waals surface area contributed by atoms with Gasteiger partial charge in [0.2, 0.25) is 0 Å². The fraction of sp³-hybridized carbons (Fsp3) is 0.333. The van der Waals surface area contributed by atoms with Crippen LogP contribution in [0.25, 0.3) is 0 Å². The first-order valence-electron chi connectivity index (χ1n) is 2.70. The third kappa shape index (κ3) is 0.722. The average molecular weight is 138 g/mol. The number of amides is 3. The van der Waals surface area contributed by atoms with Crippen LogP contribution in [0.4, 0.5) is 4.79 Å². The minimum atomic E-state index is -1.16. The molecule has 1 saturated heterocycles. The Labute approximate surface area is 58.0 Å². The molecule has 4 nitrogen and oxygen atoms in total. The number of hydrogen-bond acceptors (Lipinski definition) is 2. The number of imide groups is 1. The SMILES string of the molecule is C#C[C@]1(C)NC(=O)NC1=O. The van der Waals surface area contributed by atoms with Crippen molar-refractivity contribution in [1.82, 2.24) is 10.6 Å². The summed E-state index contributed by atoms with van der Waals surface area (Å²) in [5, 5.41) is 4.32. The summed E-state index contributed by atoms with van der Waals surface area (Å²) in [4.78, 5) is 21.3. The molecule has 4 heteroatoms. The highest BCUT2D eigenvalue weighted by Gasteiger charge is 2.39. The molecular weight excluding hydrogens is 132 g/mol. The summed E-state index contributed by atoms with van der Waals surface area (Å²) in [6.07, 6.45) is 5.00. The molecule has 3 amide bonds. The van der Waals surface area contributed by atoms with Crippen molar-refractivity contribution in [1.29, 1.82) is 0 Å². The molecule has 0 bridgehead atoms. The topological polar surface area (TPSA) is 58.2 Å². The van der Waals surface area contributed by atoms with E-state index in [-0.39, 0.29) is 0 Å². The van der Waals surface area contributed by atoms with Crippen molar-refractivity contribution in [3.05, 3.63) is 0 Å². The molecule has 10 heavy (non-hydrogen) atoms. The third-order valence-electron chi connectivity index (χ3n) is 1.33. The van der Waals surface area contributed by atoms with Gasteiger partial charge in [-0.2, -0.15) is 0 Å². The molecule has 2 N–H and O–H groups in total. The zero-order valence-corrected chi connectivity index (χ0v) is 5.39. The summed E-state index contributed by atoms with van der Waals surface area (Å²) in [7, 11) is 0. The molecule has 0 saturated carbocycles. The molecular formula is C6H6N2O2. The number of carbonyl (C=O) groups excluding carboxylic acids is 2. The summed E-state index contributed by atoms with van der Waals surface area (Å²) in [6.45, 7) is 1.47. The fourth-order valence-electron chi connectivity index (χ4n) is 0.645. The van der Waals surface area contributed by atoms with Crippen molar-refractivity contribution in [2.24, 2.45) is 0 Å². The first kappa shape index (κ1) is 6.62.